The zero-order valence-electron chi connectivity index (χ0n) is 12.0. The van der Waals surface area contributed by atoms with Crippen molar-refractivity contribution in [3.8, 4) is 0 Å². The van der Waals surface area contributed by atoms with Crippen molar-refractivity contribution < 1.29 is 19.8 Å². The number of aliphatic hydroxyl groups is 1. The van der Waals surface area contributed by atoms with Gasteiger partial charge in [-0.3, -0.25) is 0 Å². The number of urea groups is 1. The molecule has 114 valence electrons. The van der Waals surface area contributed by atoms with Crippen LogP contribution in [0.15, 0.2) is 30.3 Å². The molecule has 1 aliphatic heterocycles. The van der Waals surface area contributed by atoms with E-state index in [2.05, 4.69) is 0 Å². The number of carboxylic acid groups (broad SMARTS) is 1. The molecule has 2 rings (SSSR count). The summed E-state index contributed by atoms with van der Waals surface area (Å²) in [7, 11) is 0. The summed E-state index contributed by atoms with van der Waals surface area (Å²) in [6.07, 6.45) is -0.685. The fraction of sp³-hybridized carbons (Fsp3) is 0.467. The number of hydrogen-bond acceptors (Lipinski definition) is 3. The lowest BCUT2D eigenvalue weighted by Crippen LogP contribution is -2.47. The van der Waals surface area contributed by atoms with Gasteiger partial charge in [0.2, 0.25) is 0 Å². The summed E-state index contributed by atoms with van der Waals surface area (Å²) in [5, 5.41) is 18.8. The van der Waals surface area contributed by atoms with E-state index >= 15 is 0 Å². The van der Waals surface area contributed by atoms with Gasteiger partial charge in [-0.25, -0.2) is 9.59 Å². The molecule has 2 N–H and O–H groups in total. The first-order chi connectivity index (χ1) is 10.0. The number of aliphatic carboxylic acids is 1. The molecule has 0 aromatic heterocycles. The van der Waals surface area contributed by atoms with Crippen LogP contribution in [0, 0.1) is 0 Å². The summed E-state index contributed by atoms with van der Waals surface area (Å²) in [4.78, 5) is 26.6. The highest BCUT2D eigenvalue weighted by molar-refractivity contribution is 5.83. The fourth-order valence-electron chi connectivity index (χ4n) is 2.56. The van der Waals surface area contributed by atoms with E-state index in [0.29, 0.717) is 13.1 Å². The van der Waals surface area contributed by atoms with Gasteiger partial charge in [-0.05, 0) is 12.5 Å². The second-order valence-corrected chi connectivity index (χ2v) is 5.18. The zero-order chi connectivity index (χ0) is 15.4. The number of carboxylic acids is 1. The highest BCUT2D eigenvalue weighted by atomic mass is 16.4. The molecule has 1 aliphatic rings. The first-order valence-electron chi connectivity index (χ1n) is 7.03. The minimum atomic E-state index is -1.07. The predicted molar refractivity (Wildman–Crippen MR) is 76.7 cm³/mol. The van der Waals surface area contributed by atoms with E-state index in [1.54, 1.807) is 4.90 Å². The Morgan fingerprint density at radius 2 is 2.00 bits per heavy atom. The number of amides is 2. The molecule has 2 atom stereocenters. The molecule has 0 unspecified atom stereocenters. The lowest BCUT2D eigenvalue weighted by molar-refractivity contribution is -0.141. The molecule has 6 heteroatoms. The number of rotatable bonds is 4. The van der Waals surface area contributed by atoms with Crippen molar-refractivity contribution in [2.75, 3.05) is 13.1 Å². The van der Waals surface area contributed by atoms with Crippen LogP contribution in [0.2, 0.25) is 0 Å². The summed E-state index contributed by atoms with van der Waals surface area (Å²) < 4.78 is 0. The van der Waals surface area contributed by atoms with Crippen molar-refractivity contribution >= 4 is 12.0 Å². The van der Waals surface area contributed by atoms with Crippen LogP contribution in [-0.2, 0) is 11.3 Å². The van der Waals surface area contributed by atoms with Gasteiger partial charge in [0.25, 0.3) is 0 Å². The maximum absolute atomic E-state index is 12.5. The molecular weight excluding hydrogens is 272 g/mol. The lowest BCUT2D eigenvalue weighted by Gasteiger charge is -2.29. The zero-order valence-corrected chi connectivity index (χ0v) is 12.0. The molecule has 21 heavy (non-hydrogen) atoms. The first-order valence-corrected chi connectivity index (χ1v) is 7.03. The average Bonchev–Trinajstić information content (AvgIpc) is 2.87. The van der Waals surface area contributed by atoms with Crippen molar-refractivity contribution in [1.82, 2.24) is 9.80 Å². The number of carbonyl (C=O) groups excluding carboxylic acids is 1. The van der Waals surface area contributed by atoms with Crippen LogP contribution in [0.3, 0.4) is 0 Å². The topological polar surface area (TPSA) is 81.1 Å². The first kappa shape index (κ1) is 15.3. The minimum Gasteiger partial charge on any atom is -0.480 e. The third-order valence-electron chi connectivity index (χ3n) is 3.68. The van der Waals surface area contributed by atoms with Crippen molar-refractivity contribution in [1.29, 1.82) is 0 Å². The number of aliphatic hydroxyl groups excluding tert-OH is 1. The summed E-state index contributed by atoms with van der Waals surface area (Å²) in [6, 6.07) is 8.24. The number of likely N-dealkylation sites (tertiary alicyclic amines) is 1. The standard InChI is InChI=1S/C15H20N2O4/c1-2-16(9-11-6-4-3-5-7-11)15(21)17-10-12(18)8-13(17)14(19)20/h3-7,12-13,18H,2,8-10H2,1H3,(H,19,20)/t12-,13-/m1/s1. The molecule has 6 nitrogen and oxygen atoms in total. The summed E-state index contributed by atoms with van der Waals surface area (Å²) in [5.74, 6) is -1.07. The third kappa shape index (κ3) is 3.52. The predicted octanol–water partition coefficient (Wildman–Crippen LogP) is 1.15. The molecule has 0 radical (unpaired) electrons. The highest BCUT2D eigenvalue weighted by Gasteiger charge is 2.40. The van der Waals surface area contributed by atoms with Gasteiger partial charge in [0.15, 0.2) is 0 Å². The molecule has 2 amide bonds. The fourth-order valence-corrected chi connectivity index (χ4v) is 2.56. The van der Waals surface area contributed by atoms with Crippen LogP contribution < -0.4 is 0 Å². The maximum atomic E-state index is 12.5. The van der Waals surface area contributed by atoms with Gasteiger partial charge in [-0.2, -0.15) is 0 Å². The third-order valence-corrected chi connectivity index (χ3v) is 3.68. The Balaban J connectivity index is 2.10. The normalized spacial score (nSPS) is 21.3. The van der Waals surface area contributed by atoms with Gasteiger partial charge >= 0.3 is 12.0 Å². The molecule has 0 bridgehead atoms. The molecular formula is C15H20N2O4. The molecule has 1 saturated heterocycles. The molecule has 1 fully saturated rings. The largest absolute Gasteiger partial charge is 0.480 e. The Morgan fingerprint density at radius 1 is 1.33 bits per heavy atom. The number of β-amino-alcohol motifs (C(OH)–C–C–N with tert-alkyl or cyclic N) is 1. The van der Waals surface area contributed by atoms with Gasteiger partial charge in [-0.15, -0.1) is 0 Å². The monoisotopic (exact) mass is 292 g/mol. The van der Waals surface area contributed by atoms with Crippen molar-refractivity contribution in [2.45, 2.75) is 32.0 Å². The van der Waals surface area contributed by atoms with Crippen molar-refractivity contribution in [3.63, 3.8) is 0 Å². The quantitative estimate of drug-likeness (QED) is 0.872. The minimum absolute atomic E-state index is 0.0705. The van der Waals surface area contributed by atoms with E-state index in [0.717, 1.165) is 5.56 Å². The van der Waals surface area contributed by atoms with Crippen molar-refractivity contribution in [3.05, 3.63) is 35.9 Å². The second-order valence-electron chi connectivity index (χ2n) is 5.18. The van der Waals surface area contributed by atoms with Crippen molar-refractivity contribution in [2.24, 2.45) is 0 Å². The Hall–Kier alpha value is -2.08. The Kier molecular flexibility index (Phi) is 4.80. The number of hydrogen-bond donors (Lipinski definition) is 2. The van der Waals surface area contributed by atoms with Crippen LogP contribution in [0.5, 0.6) is 0 Å². The number of carbonyl (C=O) groups is 2. The van der Waals surface area contributed by atoms with Gasteiger partial charge in [0.1, 0.15) is 6.04 Å². The van der Waals surface area contributed by atoms with Gasteiger partial charge in [-0.1, -0.05) is 30.3 Å². The van der Waals surface area contributed by atoms with Crippen LogP contribution in [0.1, 0.15) is 18.9 Å². The molecule has 0 spiro atoms. The summed E-state index contributed by atoms with van der Waals surface area (Å²) in [6.45, 7) is 2.83. The molecule has 0 aliphatic carbocycles. The van der Waals surface area contributed by atoms with E-state index in [1.807, 2.05) is 37.3 Å². The summed E-state index contributed by atoms with van der Waals surface area (Å²) in [5.41, 5.74) is 0.985. The smallest absolute Gasteiger partial charge is 0.326 e. The maximum Gasteiger partial charge on any atom is 0.326 e. The summed E-state index contributed by atoms with van der Waals surface area (Å²) >= 11 is 0. The molecule has 0 saturated carbocycles. The van der Waals surface area contributed by atoms with Gasteiger partial charge in [0.05, 0.1) is 6.10 Å². The lowest BCUT2D eigenvalue weighted by atomic mass is 10.2. The van der Waals surface area contributed by atoms with Crippen LogP contribution in [0.4, 0.5) is 4.79 Å². The Labute approximate surface area is 123 Å². The van der Waals surface area contributed by atoms with E-state index in [9.17, 15) is 19.8 Å². The van der Waals surface area contributed by atoms with E-state index in [1.165, 1.54) is 4.90 Å². The van der Waals surface area contributed by atoms with Gasteiger partial charge in [0, 0.05) is 26.1 Å². The Morgan fingerprint density at radius 3 is 2.57 bits per heavy atom. The number of nitrogens with zero attached hydrogens (tertiary/aromatic N) is 2. The molecule has 1 aromatic carbocycles. The average molecular weight is 292 g/mol. The van der Waals surface area contributed by atoms with E-state index in [4.69, 9.17) is 0 Å². The van der Waals surface area contributed by atoms with Gasteiger partial charge < -0.3 is 20.0 Å². The molecule has 1 aromatic rings. The van der Waals surface area contributed by atoms with E-state index < -0.39 is 18.1 Å². The van der Waals surface area contributed by atoms with Crippen LogP contribution >= 0.6 is 0 Å². The van der Waals surface area contributed by atoms with Crippen LogP contribution in [-0.4, -0.2) is 57.2 Å². The number of benzene rings is 1. The van der Waals surface area contributed by atoms with E-state index in [-0.39, 0.29) is 19.0 Å². The van der Waals surface area contributed by atoms with Crippen LogP contribution in [0.25, 0.3) is 0 Å². The second kappa shape index (κ2) is 6.58. The molecule has 1 heterocycles. The Bertz CT molecular complexity index is 506. The SMILES string of the molecule is CCN(Cc1ccccc1)C(=O)N1C[C@H](O)C[C@@H]1C(=O)O. The highest BCUT2D eigenvalue weighted by Crippen LogP contribution is 2.20.